The summed E-state index contributed by atoms with van der Waals surface area (Å²) in [6.07, 6.45) is 1.34. The third kappa shape index (κ3) is 2.66. The highest BCUT2D eigenvalue weighted by Crippen LogP contribution is 2.31. The SMILES string of the molecule is NC(=O)C1CCCN1C(=O)c1cc(-c2ccc(Cl)s2)on1. The summed E-state index contributed by atoms with van der Waals surface area (Å²) in [5, 5.41) is 3.79. The molecule has 1 saturated heterocycles. The molecule has 6 nitrogen and oxygen atoms in total. The van der Waals surface area contributed by atoms with Gasteiger partial charge in [0.15, 0.2) is 11.5 Å². The Hall–Kier alpha value is -1.86. The Kier molecular flexibility index (Phi) is 3.69. The Labute approximate surface area is 129 Å². The van der Waals surface area contributed by atoms with Crippen LogP contribution in [0.15, 0.2) is 22.7 Å². The van der Waals surface area contributed by atoms with Crippen molar-refractivity contribution in [3.63, 3.8) is 0 Å². The number of nitrogens with zero attached hydrogens (tertiary/aromatic N) is 2. The second kappa shape index (κ2) is 5.50. The summed E-state index contributed by atoms with van der Waals surface area (Å²) >= 11 is 7.20. The van der Waals surface area contributed by atoms with E-state index in [2.05, 4.69) is 5.16 Å². The van der Waals surface area contributed by atoms with Gasteiger partial charge < -0.3 is 15.2 Å². The molecule has 0 radical (unpaired) electrons. The van der Waals surface area contributed by atoms with Crippen LogP contribution in [0, 0.1) is 0 Å². The van der Waals surface area contributed by atoms with E-state index in [-0.39, 0.29) is 11.6 Å². The molecule has 0 aliphatic carbocycles. The number of halogens is 1. The number of amides is 2. The summed E-state index contributed by atoms with van der Waals surface area (Å²) in [6.45, 7) is 0.499. The summed E-state index contributed by atoms with van der Waals surface area (Å²) in [5.41, 5.74) is 5.48. The summed E-state index contributed by atoms with van der Waals surface area (Å²) in [4.78, 5) is 26.0. The van der Waals surface area contributed by atoms with Gasteiger partial charge in [0.2, 0.25) is 5.91 Å². The molecule has 110 valence electrons. The van der Waals surface area contributed by atoms with Crippen molar-refractivity contribution in [2.24, 2.45) is 5.73 Å². The molecule has 0 spiro atoms. The van der Waals surface area contributed by atoms with Crippen LogP contribution < -0.4 is 5.73 Å². The highest BCUT2D eigenvalue weighted by atomic mass is 35.5. The maximum atomic E-state index is 12.4. The third-order valence-electron chi connectivity index (χ3n) is 3.39. The monoisotopic (exact) mass is 325 g/mol. The van der Waals surface area contributed by atoms with Crippen LogP contribution in [0.5, 0.6) is 0 Å². The van der Waals surface area contributed by atoms with Crippen LogP contribution in [0.2, 0.25) is 4.34 Å². The normalized spacial score (nSPS) is 18.1. The lowest BCUT2D eigenvalue weighted by molar-refractivity contribution is -0.121. The first-order chi connectivity index (χ1) is 10.1. The summed E-state index contributed by atoms with van der Waals surface area (Å²) in [7, 11) is 0. The molecule has 21 heavy (non-hydrogen) atoms. The molecule has 3 heterocycles. The molecule has 1 atom stereocenters. The molecule has 2 aromatic heterocycles. The number of likely N-dealkylation sites (tertiary alicyclic amines) is 1. The zero-order valence-corrected chi connectivity index (χ0v) is 12.5. The molecule has 0 aromatic carbocycles. The fourth-order valence-corrected chi connectivity index (χ4v) is 3.38. The number of primary amides is 1. The number of nitrogens with two attached hydrogens (primary N) is 1. The van der Waals surface area contributed by atoms with Crippen LogP contribution in [0.25, 0.3) is 10.6 Å². The second-order valence-corrected chi connectivity index (χ2v) is 6.45. The van der Waals surface area contributed by atoms with Crippen molar-refractivity contribution in [1.29, 1.82) is 0 Å². The predicted molar refractivity (Wildman–Crippen MR) is 78.1 cm³/mol. The minimum atomic E-state index is -0.561. The standard InChI is InChI=1S/C13H12ClN3O3S/c14-11-4-3-10(21-11)9-6-7(16-20-9)13(19)17-5-1-2-8(17)12(15)18/h3-4,6,8H,1-2,5H2,(H2,15,18). The molecule has 1 unspecified atom stereocenters. The van der Waals surface area contributed by atoms with Gasteiger partial charge in [-0.05, 0) is 25.0 Å². The molecule has 0 saturated carbocycles. The summed E-state index contributed by atoms with van der Waals surface area (Å²) in [5.74, 6) is -0.353. The Morgan fingerprint density at radius 2 is 2.29 bits per heavy atom. The van der Waals surface area contributed by atoms with Gasteiger partial charge in [-0.15, -0.1) is 11.3 Å². The van der Waals surface area contributed by atoms with E-state index in [9.17, 15) is 9.59 Å². The van der Waals surface area contributed by atoms with Gasteiger partial charge in [0.05, 0.1) is 9.21 Å². The molecular formula is C13H12ClN3O3S. The van der Waals surface area contributed by atoms with E-state index in [1.165, 1.54) is 16.2 Å². The van der Waals surface area contributed by atoms with Crippen LogP contribution in [0.4, 0.5) is 0 Å². The average Bonchev–Trinajstić information content (AvgIpc) is 3.17. The number of hydrogen-bond donors (Lipinski definition) is 1. The van der Waals surface area contributed by atoms with Crippen molar-refractivity contribution in [1.82, 2.24) is 10.1 Å². The Bertz CT molecular complexity index is 696. The summed E-state index contributed by atoms with van der Waals surface area (Å²) < 4.78 is 5.81. The van der Waals surface area contributed by atoms with Crippen LogP contribution in [-0.2, 0) is 4.79 Å². The minimum absolute atomic E-state index is 0.169. The number of aromatic nitrogens is 1. The van der Waals surface area contributed by atoms with Gasteiger partial charge in [-0.2, -0.15) is 0 Å². The molecule has 2 aromatic rings. The molecule has 2 N–H and O–H groups in total. The van der Waals surface area contributed by atoms with Crippen LogP contribution in [0.1, 0.15) is 23.3 Å². The minimum Gasteiger partial charge on any atom is -0.368 e. The number of thiophene rings is 1. The molecular weight excluding hydrogens is 314 g/mol. The van der Waals surface area contributed by atoms with Crippen molar-refractivity contribution >= 4 is 34.8 Å². The molecule has 2 amide bonds. The molecule has 3 rings (SSSR count). The van der Waals surface area contributed by atoms with Crippen LogP contribution in [-0.4, -0.2) is 34.5 Å². The number of rotatable bonds is 3. The maximum Gasteiger partial charge on any atom is 0.276 e. The highest BCUT2D eigenvalue weighted by Gasteiger charge is 2.34. The lowest BCUT2D eigenvalue weighted by Gasteiger charge is -2.20. The molecule has 0 bridgehead atoms. The topological polar surface area (TPSA) is 89.4 Å². The fourth-order valence-electron chi connectivity index (χ4n) is 2.39. The van der Waals surface area contributed by atoms with Crippen LogP contribution in [0.3, 0.4) is 0 Å². The van der Waals surface area contributed by atoms with Crippen molar-refractivity contribution < 1.29 is 14.1 Å². The second-order valence-electron chi connectivity index (χ2n) is 4.74. The third-order valence-corrected chi connectivity index (χ3v) is 4.63. The Balaban J connectivity index is 1.83. The van der Waals surface area contributed by atoms with Crippen molar-refractivity contribution in [2.45, 2.75) is 18.9 Å². The number of carbonyl (C=O) groups is 2. The fraction of sp³-hybridized carbons (Fsp3) is 0.308. The first-order valence-electron chi connectivity index (χ1n) is 6.39. The van der Waals surface area contributed by atoms with Gasteiger partial charge in [-0.25, -0.2) is 0 Å². The van der Waals surface area contributed by atoms with Gasteiger partial charge >= 0.3 is 0 Å². The van der Waals surface area contributed by atoms with E-state index in [0.29, 0.717) is 23.1 Å². The smallest absolute Gasteiger partial charge is 0.276 e. The molecule has 1 aliphatic rings. The van der Waals surface area contributed by atoms with Gasteiger partial charge in [0, 0.05) is 12.6 Å². The van der Waals surface area contributed by atoms with E-state index in [4.69, 9.17) is 21.9 Å². The lowest BCUT2D eigenvalue weighted by atomic mass is 10.2. The first kappa shape index (κ1) is 14.1. The van der Waals surface area contributed by atoms with E-state index in [0.717, 1.165) is 11.3 Å². The lowest BCUT2D eigenvalue weighted by Crippen LogP contribution is -2.43. The zero-order valence-electron chi connectivity index (χ0n) is 10.9. The average molecular weight is 326 g/mol. The van der Waals surface area contributed by atoms with E-state index >= 15 is 0 Å². The van der Waals surface area contributed by atoms with Crippen molar-refractivity contribution in [3.8, 4) is 10.6 Å². The van der Waals surface area contributed by atoms with E-state index in [1.807, 2.05) is 0 Å². The predicted octanol–water partition coefficient (Wildman–Crippen LogP) is 2.15. The van der Waals surface area contributed by atoms with E-state index < -0.39 is 11.9 Å². The number of hydrogen-bond acceptors (Lipinski definition) is 5. The van der Waals surface area contributed by atoms with Gasteiger partial charge in [-0.3, -0.25) is 9.59 Å². The quantitative estimate of drug-likeness (QED) is 0.936. The van der Waals surface area contributed by atoms with E-state index in [1.54, 1.807) is 18.2 Å². The molecule has 1 aliphatic heterocycles. The molecule has 8 heteroatoms. The molecule has 1 fully saturated rings. The first-order valence-corrected chi connectivity index (χ1v) is 7.58. The van der Waals surface area contributed by atoms with Gasteiger partial charge in [0.25, 0.3) is 5.91 Å². The van der Waals surface area contributed by atoms with Crippen molar-refractivity contribution in [3.05, 3.63) is 28.2 Å². The summed E-state index contributed by atoms with van der Waals surface area (Å²) in [6, 6.07) is 4.54. The Morgan fingerprint density at radius 3 is 2.95 bits per heavy atom. The Morgan fingerprint density at radius 1 is 1.48 bits per heavy atom. The maximum absolute atomic E-state index is 12.4. The van der Waals surface area contributed by atoms with Gasteiger partial charge in [-0.1, -0.05) is 16.8 Å². The van der Waals surface area contributed by atoms with Gasteiger partial charge in [0.1, 0.15) is 6.04 Å². The zero-order chi connectivity index (χ0) is 15.0. The van der Waals surface area contributed by atoms with Crippen molar-refractivity contribution in [2.75, 3.05) is 6.54 Å². The highest BCUT2D eigenvalue weighted by molar-refractivity contribution is 7.19. The number of carbonyl (C=O) groups excluding carboxylic acids is 2. The largest absolute Gasteiger partial charge is 0.368 e. The van der Waals surface area contributed by atoms with Crippen LogP contribution >= 0.6 is 22.9 Å².